The van der Waals surface area contributed by atoms with Gasteiger partial charge in [-0.05, 0) is 45.2 Å². The number of imide groups is 1. The molecular weight excluding hydrogens is 268 g/mol. The van der Waals surface area contributed by atoms with Crippen LogP contribution >= 0.6 is 0 Å². The first kappa shape index (κ1) is 16.2. The maximum Gasteiger partial charge on any atom is 0.321 e. The third kappa shape index (κ3) is 5.28. The normalized spacial score (nSPS) is 24.0. The zero-order valence-electron chi connectivity index (χ0n) is 12.8. The van der Waals surface area contributed by atoms with Gasteiger partial charge in [0.25, 0.3) is 0 Å². The third-order valence-corrected chi connectivity index (χ3v) is 4.54. The Morgan fingerprint density at radius 1 is 1.10 bits per heavy atom. The van der Waals surface area contributed by atoms with Crippen LogP contribution in [0.2, 0.25) is 0 Å². The average molecular weight is 296 g/mol. The van der Waals surface area contributed by atoms with E-state index in [4.69, 9.17) is 5.73 Å². The number of hydrogen-bond acceptors (Lipinski definition) is 4. The van der Waals surface area contributed by atoms with Gasteiger partial charge in [-0.15, -0.1) is 0 Å². The summed E-state index contributed by atoms with van der Waals surface area (Å²) in [5, 5.41) is 5.33. The molecule has 2 rings (SSSR count). The minimum atomic E-state index is -0.348. The molecule has 1 atom stereocenters. The molecule has 0 aromatic heterocycles. The Labute approximate surface area is 126 Å². The Balaban J connectivity index is 1.73. The van der Waals surface area contributed by atoms with E-state index in [-0.39, 0.29) is 18.0 Å². The van der Waals surface area contributed by atoms with E-state index in [1.165, 1.54) is 6.42 Å². The van der Waals surface area contributed by atoms with Crippen LogP contribution in [-0.2, 0) is 4.79 Å². The summed E-state index contributed by atoms with van der Waals surface area (Å²) in [5.41, 5.74) is 5.63. The fourth-order valence-electron chi connectivity index (χ4n) is 3.43. The van der Waals surface area contributed by atoms with E-state index in [9.17, 15) is 9.59 Å². The second-order valence-corrected chi connectivity index (χ2v) is 6.20. The van der Waals surface area contributed by atoms with Crippen LogP contribution in [0.25, 0.3) is 0 Å². The number of hydrogen-bond donors (Lipinski definition) is 3. The molecule has 6 heteroatoms. The van der Waals surface area contributed by atoms with Crippen molar-refractivity contribution < 1.29 is 9.59 Å². The number of amides is 3. The van der Waals surface area contributed by atoms with Crippen molar-refractivity contribution in [2.24, 2.45) is 5.73 Å². The van der Waals surface area contributed by atoms with Crippen molar-refractivity contribution in [1.82, 2.24) is 15.5 Å². The Morgan fingerprint density at radius 2 is 1.81 bits per heavy atom. The molecule has 1 saturated heterocycles. The number of nitrogens with one attached hydrogen (secondary N) is 2. The van der Waals surface area contributed by atoms with Crippen molar-refractivity contribution in [3.8, 4) is 0 Å². The highest BCUT2D eigenvalue weighted by molar-refractivity contribution is 5.95. The average Bonchev–Trinajstić information content (AvgIpc) is 2.93. The van der Waals surface area contributed by atoms with Crippen LogP contribution < -0.4 is 16.4 Å². The number of rotatable bonds is 5. The Bertz CT molecular complexity index is 354. The summed E-state index contributed by atoms with van der Waals surface area (Å²) in [5.74, 6) is -0.214. The predicted octanol–water partition coefficient (Wildman–Crippen LogP) is 0.958. The maximum atomic E-state index is 12.0. The molecule has 1 heterocycles. The van der Waals surface area contributed by atoms with E-state index >= 15 is 0 Å². The molecule has 6 nitrogen and oxygen atoms in total. The lowest BCUT2D eigenvalue weighted by Gasteiger charge is -2.34. The van der Waals surface area contributed by atoms with Gasteiger partial charge in [-0.25, -0.2) is 4.79 Å². The molecule has 1 saturated carbocycles. The van der Waals surface area contributed by atoms with Crippen molar-refractivity contribution in [2.75, 3.05) is 19.6 Å². The Morgan fingerprint density at radius 3 is 2.52 bits per heavy atom. The first-order valence-corrected chi connectivity index (χ1v) is 8.23. The SMILES string of the molecule is NCCC1CCCCN1CC(=O)NC(=O)NC1CCCC1. The molecule has 120 valence electrons. The summed E-state index contributed by atoms with van der Waals surface area (Å²) in [4.78, 5) is 25.9. The molecule has 21 heavy (non-hydrogen) atoms. The summed E-state index contributed by atoms with van der Waals surface area (Å²) in [6.45, 7) is 1.86. The topological polar surface area (TPSA) is 87.5 Å². The van der Waals surface area contributed by atoms with Gasteiger partial charge in [0.1, 0.15) is 0 Å². The monoisotopic (exact) mass is 296 g/mol. The lowest BCUT2D eigenvalue weighted by atomic mass is 9.99. The Hall–Kier alpha value is -1.14. The second-order valence-electron chi connectivity index (χ2n) is 6.20. The van der Waals surface area contributed by atoms with Crippen molar-refractivity contribution in [3.63, 3.8) is 0 Å². The first-order chi connectivity index (χ1) is 10.2. The van der Waals surface area contributed by atoms with Crippen LogP contribution in [0.15, 0.2) is 0 Å². The van der Waals surface area contributed by atoms with Gasteiger partial charge in [0, 0.05) is 12.1 Å². The smallest absolute Gasteiger partial charge is 0.321 e. The van der Waals surface area contributed by atoms with Crippen molar-refractivity contribution in [2.45, 2.75) is 63.5 Å². The minimum absolute atomic E-state index is 0.214. The van der Waals surface area contributed by atoms with Gasteiger partial charge < -0.3 is 11.1 Å². The second kappa shape index (κ2) is 8.34. The number of carbonyl (C=O) groups is 2. The molecule has 0 spiro atoms. The van der Waals surface area contributed by atoms with Crippen molar-refractivity contribution in [1.29, 1.82) is 0 Å². The molecule has 1 unspecified atom stereocenters. The van der Waals surface area contributed by atoms with Crippen LogP contribution in [0.3, 0.4) is 0 Å². The summed E-state index contributed by atoms with van der Waals surface area (Å²) < 4.78 is 0. The molecule has 2 aliphatic rings. The fourth-order valence-corrected chi connectivity index (χ4v) is 3.43. The number of nitrogens with two attached hydrogens (primary N) is 1. The van der Waals surface area contributed by atoms with E-state index in [2.05, 4.69) is 15.5 Å². The predicted molar refractivity (Wildman–Crippen MR) is 81.8 cm³/mol. The zero-order valence-corrected chi connectivity index (χ0v) is 12.8. The summed E-state index contributed by atoms with van der Waals surface area (Å²) in [6.07, 6.45) is 8.69. The highest BCUT2D eigenvalue weighted by Gasteiger charge is 2.24. The van der Waals surface area contributed by atoms with Crippen LogP contribution in [-0.4, -0.2) is 48.6 Å². The van der Waals surface area contributed by atoms with Gasteiger partial charge in [-0.1, -0.05) is 19.3 Å². The van der Waals surface area contributed by atoms with Gasteiger partial charge in [0.15, 0.2) is 0 Å². The van der Waals surface area contributed by atoms with Crippen molar-refractivity contribution in [3.05, 3.63) is 0 Å². The van der Waals surface area contributed by atoms with Crippen LogP contribution in [0, 0.1) is 0 Å². The highest BCUT2D eigenvalue weighted by atomic mass is 16.2. The largest absolute Gasteiger partial charge is 0.335 e. The molecule has 1 aliphatic carbocycles. The summed E-state index contributed by atoms with van der Waals surface area (Å²) >= 11 is 0. The fraction of sp³-hybridized carbons (Fsp3) is 0.867. The molecule has 2 fully saturated rings. The van der Waals surface area contributed by atoms with E-state index in [1.54, 1.807) is 0 Å². The molecular formula is C15H28N4O2. The van der Waals surface area contributed by atoms with Gasteiger partial charge >= 0.3 is 6.03 Å². The number of urea groups is 1. The summed E-state index contributed by atoms with van der Waals surface area (Å²) in [6, 6.07) is 0.268. The van der Waals surface area contributed by atoms with Crippen molar-refractivity contribution >= 4 is 11.9 Å². The number of carbonyl (C=O) groups excluding carboxylic acids is 2. The Kier molecular flexibility index (Phi) is 6.45. The third-order valence-electron chi connectivity index (χ3n) is 4.54. The quantitative estimate of drug-likeness (QED) is 0.705. The standard InChI is InChI=1S/C15H28N4O2/c16-9-8-13-7-3-4-10-19(13)11-14(20)18-15(21)17-12-5-1-2-6-12/h12-13H,1-11,16H2,(H2,17,18,20,21). The number of likely N-dealkylation sites (tertiary alicyclic amines) is 1. The molecule has 0 bridgehead atoms. The molecule has 0 aromatic carbocycles. The highest BCUT2D eigenvalue weighted by Crippen LogP contribution is 2.19. The van der Waals surface area contributed by atoms with Crippen LogP contribution in [0.5, 0.6) is 0 Å². The van der Waals surface area contributed by atoms with Crippen LogP contribution in [0.4, 0.5) is 4.79 Å². The van der Waals surface area contributed by atoms with E-state index in [0.717, 1.165) is 51.5 Å². The first-order valence-electron chi connectivity index (χ1n) is 8.23. The van der Waals surface area contributed by atoms with Gasteiger partial charge in [-0.2, -0.15) is 0 Å². The maximum absolute atomic E-state index is 12.0. The number of piperidine rings is 1. The summed E-state index contributed by atoms with van der Waals surface area (Å²) in [7, 11) is 0. The van der Waals surface area contributed by atoms with Crippen LogP contribution in [0.1, 0.15) is 51.4 Å². The minimum Gasteiger partial charge on any atom is -0.335 e. The molecule has 1 aliphatic heterocycles. The molecule has 0 radical (unpaired) electrons. The molecule has 0 aromatic rings. The number of nitrogens with zero attached hydrogens (tertiary/aromatic N) is 1. The van der Waals surface area contributed by atoms with Gasteiger partial charge in [0.2, 0.25) is 5.91 Å². The van der Waals surface area contributed by atoms with Gasteiger partial charge in [0.05, 0.1) is 6.54 Å². The molecule has 3 amide bonds. The molecule has 4 N–H and O–H groups in total. The van der Waals surface area contributed by atoms with E-state index in [0.29, 0.717) is 19.1 Å². The zero-order chi connectivity index (χ0) is 15.1. The lowest BCUT2D eigenvalue weighted by Crippen LogP contribution is -2.50. The van der Waals surface area contributed by atoms with Gasteiger partial charge in [-0.3, -0.25) is 15.0 Å². The van der Waals surface area contributed by atoms with E-state index in [1.807, 2.05) is 0 Å². The lowest BCUT2D eigenvalue weighted by molar-refractivity contribution is -0.122. The van der Waals surface area contributed by atoms with E-state index < -0.39 is 0 Å².